The summed E-state index contributed by atoms with van der Waals surface area (Å²) in [5.41, 5.74) is 4.28. The number of hydrogen-bond acceptors (Lipinski definition) is 5. The van der Waals surface area contributed by atoms with E-state index in [2.05, 4.69) is 15.3 Å². The van der Waals surface area contributed by atoms with Crippen LogP contribution in [0.1, 0.15) is 39.0 Å². The highest BCUT2D eigenvalue weighted by Gasteiger charge is 2.09. The van der Waals surface area contributed by atoms with Gasteiger partial charge < -0.3 is 10.1 Å². The van der Waals surface area contributed by atoms with Gasteiger partial charge in [0.15, 0.2) is 5.78 Å². The SMILES string of the molecule is CC(=O)c1ccc(COc2cccc(C(=O)Nc3ccc4nc(C)ccc4c3)c2)cn1. The topological polar surface area (TPSA) is 81.2 Å². The molecule has 0 radical (unpaired) electrons. The van der Waals surface area contributed by atoms with Crippen LogP contribution in [0.2, 0.25) is 0 Å². The first-order valence-corrected chi connectivity index (χ1v) is 9.85. The summed E-state index contributed by atoms with van der Waals surface area (Å²) in [6, 6.07) is 20.0. The van der Waals surface area contributed by atoms with E-state index >= 15 is 0 Å². The molecule has 6 nitrogen and oxygen atoms in total. The molecule has 0 atom stereocenters. The molecule has 0 saturated carbocycles. The van der Waals surface area contributed by atoms with Gasteiger partial charge in [-0.05, 0) is 55.5 Å². The Bertz CT molecular complexity index is 1270. The molecule has 1 amide bonds. The molecule has 0 unspecified atom stereocenters. The molecule has 2 aromatic carbocycles. The number of nitrogens with zero attached hydrogens (tertiary/aromatic N) is 2. The second-order valence-electron chi connectivity index (χ2n) is 7.24. The Morgan fingerprint density at radius 2 is 1.87 bits per heavy atom. The molecular weight excluding hydrogens is 390 g/mol. The molecule has 6 heteroatoms. The maximum atomic E-state index is 12.7. The van der Waals surface area contributed by atoms with Gasteiger partial charge >= 0.3 is 0 Å². The second-order valence-corrected chi connectivity index (χ2v) is 7.24. The number of carbonyl (C=O) groups is 2. The van der Waals surface area contributed by atoms with Crippen molar-refractivity contribution in [3.63, 3.8) is 0 Å². The van der Waals surface area contributed by atoms with Gasteiger partial charge in [0.05, 0.1) is 5.52 Å². The van der Waals surface area contributed by atoms with Gasteiger partial charge in [0.1, 0.15) is 18.1 Å². The van der Waals surface area contributed by atoms with Crippen molar-refractivity contribution in [3.8, 4) is 5.75 Å². The van der Waals surface area contributed by atoms with Crippen LogP contribution in [0.25, 0.3) is 10.9 Å². The Kier molecular flexibility index (Phi) is 5.71. The molecule has 4 aromatic rings. The number of pyridine rings is 2. The summed E-state index contributed by atoms with van der Waals surface area (Å²) in [6.07, 6.45) is 1.61. The van der Waals surface area contributed by atoms with Gasteiger partial charge in [0.25, 0.3) is 5.91 Å². The molecule has 0 aliphatic rings. The van der Waals surface area contributed by atoms with Gasteiger partial charge in [-0.25, -0.2) is 0 Å². The highest BCUT2D eigenvalue weighted by atomic mass is 16.5. The monoisotopic (exact) mass is 411 g/mol. The standard InChI is InChI=1S/C25H21N3O3/c1-16-6-8-19-12-21(9-11-24(19)27-16)28-25(30)20-4-3-5-22(13-20)31-15-18-7-10-23(17(2)29)26-14-18/h3-14H,15H2,1-2H3,(H,28,30). The number of benzene rings is 2. The van der Waals surface area contributed by atoms with E-state index in [0.29, 0.717) is 22.7 Å². The zero-order valence-electron chi connectivity index (χ0n) is 17.3. The van der Waals surface area contributed by atoms with Crippen molar-refractivity contribution in [1.82, 2.24) is 9.97 Å². The van der Waals surface area contributed by atoms with Gasteiger partial charge in [0, 0.05) is 41.0 Å². The number of Topliss-reactive ketones (excluding diaryl/α,β-unsaturated/α-hetero) is 1. The Hall–Kier alpha value is -4.06. The second kappa shape index (κ2) is 8.75. The average Bonchev–Trinajstić information content (AvgIpc) is 2.78. The smallest absolute Gasteiger partial charge is 0.255 e. The summed E-state index contributed by atoms with van der Waals surface area (Å²) in [4.78, 5) is 32.6. The van der Waals surface area contributed by atoms with E-state index in [-0.39, 0.29) is 18.3 Å². The van der Waals surface area contributed by atoms with E-state index in [4.69, 9.17) is 4.74 Å². The van der Waals surface area contributed by atoms with Crippen LogP contribution in [0.5, 0.6) is 5.75 Å². The maximum absolute atomic E-state index is 12.7. The number of aryl methyl sites for hydroxylation is 1. The average molecular weight is 411 g/mol. The molecule has 4 rings (SSSR count). The molecule has 0 aliphatic heterocycles. The summed E-state index contributed by atoms with van der Waals surface area (Å²) in [5.74, 6) is 0.266. The van der Waals surface area contributed by atoms with Crippen LogP contribution in [0.4, 0.5) is 5.69 Å². The molecule has 0 bridgehead atoms. The quantitative estimate of drug-likeness (QED) is 0.453. The summed E-state index contributed by atoms with van der Waals surface area (Å²) in [7, 11) is 0. The molecule has 1 N–H and O–H groups in total. The van der Waals surface area contributed by atoms with Gasteiger partial charge in [0.2, 0.25) is 0 Å². The predicted octanol–water partition coefficient (Wildman–Crippen LogP) is 4.97. The van der Waals surface area contributed by atoms with Crippen LogP contribution in [0, 0.1) is 6.92 Å². The van der Waals surface area contributed by atoms with Crippen molar-refractivity contribution in [2.45, 2.75) is 20.5 Å². The van der Waals surface area contributed by atoms with Crippen molar-refractivity contribution in [3.05, 3.63) is 95.4 Å². The van der Waals surface area contributed by atoms with Gasteiger partial charge in [-0.15, -0.1) is 0 Å². The van der Waals surface area contributed by atoms with Crippen molar-refractivity contribution in [1.29, 1.82) is 0 Å². The predicted molar refractivity (Wildman–Crippen MR) is 119 cm³/mol. The van der Waals surface area contributed by atoms with Crippen molar-refractivity contribution in [2.75, 3.05) is 5.32 Å². The largest absolute Gasteiger partial charge is 0.489 e. The lowest BCUT2D eigenvalue weighted by molar-refractivity contribution is 0.100. The third kappa shape index (κ3) is 4.93. The highest BCUT2D eigenvalue weighted by Crippen LogP contribution is 2.20. The van der Waals surface area contributed by atoms with Gasteiger partial charge in [-0.3, -0.25) is 19.6 Å². The minimum Gasteiger partial charge on any atom is -0.489 e. The first-order chi connectivity index (χ1) is 15.0. The summed E-state index contributed by atoms with van der Waals surface area (Å²) in [5, 5.41) is 3.88. The van der Waals surface area contributed by atoms with Crippen molar-refractivity contribution >= 4 is 28.3 Å². The normalized spacial score (nSPS) is 10.6. The Labute approximate surface area is 179 Å². The van der Waals surface area contributed by atoms with Crippen molar-refractivity contribution in [2.24, 2.45) is 0 Å². The number of ketones is 1. The minimum atomic E-state index is -0.225. The molecular formula is C25H21N3O3. The van der Waals surface area contributed by atoms with Crippen LogP contribution < -0.4 is 10.1 Å². The number of hydrogen-bond donors (Lipinski definition) is 1. The summed E-state index contributed by atoms with van der Waals surface area (Å²) >= 11 is 0. The molecule has 0 saturated heterocycles. The van der Waals surface area contributed by atoms with Gasteiger partial charge in [-0.2, -0.15) is 0 Å². The molecule has 0 spiro atoms. The fourth-order valence-corrected chi connectivity index (χ4v) is 3.12. The third-order valence-electron chi connectivity index (χ3n) is 4.77. The zero-order valence-corrected chi connectivity index (χ0v) is 17.3. The fraction of sp³-hybridized carbons (Fsp3) is 0.120. The van der Waals surface area contributed by atoms with Crippen LogP contribution in [0.15, 0.2) is 72.9 Å². The highest BCUT2D eigenvalue weighted by molar-refractivity contribution is 6.05. The number of anilines is 1. The lowest BCUT2D eigenvalue weighted by Gasteiger charge is -2.10. The lowest BCUT2D eigenvalue weighted by atomic mass is 10.1. The van der Waals surface area contributed by atoms with E-state index in [1.54, 1.807) is 42.6 Å². The number of aromatic nitrogens is 2. The first-order valence-electron chi connectivity index (χ1n) is 9.85. The Balaban J connectivity index is 1.43. The van der Waals surface area contributed by atoms with Gasteiger partial charge in [-0.1, -0.05) is 18.2 Å². The summed E-state index contributed by atoms with van der Waals surface area (Å²) < 4.78 is 5.79. The van der Waals surface area contributed by atoms with Crippen LogP contribution in [0.3, 0.4) is 0 Å². The number of fused-ring (bicyclic) bond motifs is 1. The van der Waals surface area contributed by atoms with E-state index in [9.17, 15) is 9.59 Å². The molecule has 2 heterocycles. The lowest BCUT2D eigenvalue weighted by Crippen LogP contribution is -2.12. The molecule has 0 fully saturated rings. The number of ether oxygens (including phenoxy) is 1. The Morgan fingerprint density at radius 1 is 1.00 bits per heavy atom. The van der Waals surface area contributed by atoms with Crippen molar-refractivity contribution < 1.29 is 14.3 Å². The van der Waals surface area contributed by atoms with E-state index in [0.717, 1.165) is 22.2 Å². The third-order valence-corrected chi connectivity index (χ3v) is 4.77. The Morgan fingerprint density at radius 3 is 2.65 bits per heavy atom. The van der Waals surface area contributed by atoms with E-state index in [1.165, 1.54) is 6.92 Å². The fourth-order valence-electron chi connectivity index (χ4n) is 3.12. The first kappa shape index (κ1) is 20.2. The summed E-state index contributed by atoms with van der Waals surface area (Å²) in [6.45, 7) is 3.71. The van der Waals surface area contributed by atoms with Crippen LogP contribution in [-0.4, -0.2) is 21.7 Å². The van der Waals surface area contributed by atoms with E-state index in [1.807, 2.05) is 37.3 Å². The molecule has 154 valence electrons. The van der Waals surface area contributed by atoms with Crippen LogP contribution in [-0.2, 0) is 6.61 Å². The zero-order chi connectivity index (χ0) is 21.8. The van der Waals surface area contributed by atoms with Crippen LogP contribution >= 0.6 is 0 Å². The maximum Gasteiger partial charge on any atom is 0.255 e. The minimum absolute atomic E-state index is 0.0797. The number of rotatable bonds is 6. The number of amides is 1. The molecule has 0 aliphatic carbocycles. The molecule has 2 aromatic heterocycles. The number of nitrogens with one attached hydrogen (secondary N) is 1. The van der Waals surface area contributed by atoms with E-state index < -0.39 is 0 Å². The molecule has 31 heavy (non-hydrogen) atoms. The number of carbonyl (C=O) groups excluding carboxylic acids is 2.